The van der Waals surface area contributed by atoms with Crippen LogP contribution < -0.4 is 5.32 Å². The highest BCUT2D eigenvalue weighted by Crippen LogP contribution is 2.24. The van der Waals surface area contributed by atoms with E-state index in [1.807, 2.05) is 24.4 Å². The van der Waals surface area contributed by atoms with Crippen LogP contribution in [0.15, 0.2) is 40.2 Å². The van der Waals surface area contributed by atoms with Gasteiger partial charge in [-0.3, -0.25) is 4.79 Å². The molecule has 0 aliphatic carbocycles. The molecule has 2 aromatic rings. The van der Waals surface area contributed by atoms with E-state index >= 15 is 0 Å². The van der Waals surface area contributed by atoms with Crippen LogP contribution in [0.5, 0.6) is 5.75 Å². The van der Waals surface area contributed by atoms with Gasteiger partial charge in [0.25, 0.3) is 5.91 Å². The molecule has 1 unspecified atom stereocenters. The van der Waals surface area contributed by atoms with Gasteiger partial charge in [-0.1, -0.05) is 12.1 Å². The monoisotopic (exact) mass is 325 g/mol. The molecule has 2 rings (SSSR count). The Hall–Kier alpha value is -1.33. The molecule has 1 amide bonds. The lowest BCUT2D eigenvalue weighted by Crippen LogP contribution is -2.26. The van der Waals surface area contributed by atoms with Crippen LogP contribution in [-0.4, -0.2) is 11.0 Å². The van der Waals surface area contributed by atoms with Crippen molar-refractivity contribution < 1.29 is 9.90 Å². The normalized spacial score (nSPS) is 12.1. The highest BCUT2D eigenvalue weighted by Gasteiger charge is 2.15. The van der Waals surface area contributed by atoms with Crippen molar-refractivity contribution in [3.63, 3.8) is 0 Å². The largest absolute Gasteiger partial charge is 0.508 e. The number of rotatable bonds is 3. The summed E-state index contributed by atoms with van der Waals surface area (Å²) in [6.45, 7) is 1.88. The lowest BCUT2D eigenvalue weighted by atomic mass is 10.1. The van der Waals surface area contributed by atoms with Gasteiger partial charge in [-0.2, -0.15) is 0 Å². The number of carbonyl (C=O) groups is 1. The summed E-state index contributed by atoms with van der Waals surface area (Å²) in [5, 5.41) is 14.2. The standard InChI is InChI=1S/C13H12BrNO2S/c1-8(9-3-2-4-10(16)7-9)15-13(17)12-11(14)5-6-18-12/h2-8,16H,1H3,(H,15,17). The van der Waals surface area contributed by atoms with Crippen LogP contribution in [0, 0.1) is 0 Å². The lowest BCUT2D eigenvalue weighted by molar-refractivity contribution is 0.0943. The molecule has 1 aromatic heterocycles. The summed E-state index contributed by atoms with van der Waals surface area (Å²) in [5.41, 5.74) is 0.871. The molecule has 3 nitrogen and oxygen atoms in total. The third kappa shape index (κ3) is 2.91. The number of halogens is 1. The lowest BCUT2D eigenvalue weighted by Gasteiger charge is -2.14. The minimum Gasteiger partial charge on any atom is -0.508 e. The second-order valence-corrected chi connectivity index (χ2v) is 5.66. The fraction of sp³-hybridized carbons (Fsp3) is 0.154. The first-order chi connectivity index (χ1) is 8.58. The molecule has 5 heteroatoms. The van der Waals surface area contributed by atoms with Gasteiger partial charge in [-0.15, -0.1) is 11.3 Å². The van der Waals surface area contributed by atoms with Crippen molar-refractivity contribution in [2.75, 3.05) is 0 Å². The predicted octanol–water partition coefficient (Wildman–Crippen LogP) is 3.71. The van der Waals surface area contributed by atoms with Crippen LogP contribution in [0.1, 0.15) is 28.2 Å². The van der Waals surface area contributed by atoms with E-state index in [9.17, 15) is 9.90 Å². The number of aromatic hydroxyl groups is 1. The van der Waals surface area contributed by atoms with Crippen LogP contribution in [0.2, 0.25) is 0 Å². The molecule has 18 heavy (non-hydrogen) atoms. The van der Waals surface area contributed by atoms with E-state index in [2.05, 4.69) is 21.2 Å². The maximum atomic E-state index is 12.0. The molecule has 0 spiro atoms. The SMILES string of the molecule is CC(NC(=O)c1sccc1Br)c1cccc(O)c1. The maximum Gasteiger partial charge on any atom is 0.262 e. The van der Waals surface area contributed by atoms with Gasteiger partial charge in [0, 0.05) is 4.47 Å². The van der Waals surface area contributed by atoms with E-state index in [4.69, 9.17) is 0 Å². The molecular weight excluding hydrogens is 314 g/mol. The van der Waals surface area contributed by atoms with Gasteiger partial charge >= 0.3 is 0 Å². The number of nitrogens with one attached hydrogen (secondary N) is 1. The van der Waals surface area contributed by atoms with E-state index in [0.29, 0.717) is 4.88 Å². The number of benzene rings is 1. The topological polar surface area (TPSA) is 49.3 Å². The molecular formula is C13H12BrNO2S. The Balaban J connectivity index is 2.10. The second kappa shape index (κ2) is 5.54. The van der Waals surface area contributed by atoms with Gasteiger partial charge in [0.15, 0.2) is 0 Å². The molecule has 94 valence electrons. The van der Waals surface area contributed by atoms with Gasteiger partial charge in [0.2, 0.25) is 0 Å². The molecule has 0 saturated carbocycles. The highest BCUT2D eigenvalue weighted by atomic mass is 79.9. The van der Waals surface area contributed by atoms with Crippen LogP contribution in [0.3, 0.4) is 0 Å². The first-order valence-electron chi connectivity index (χ1n) is 5.40. The number of thiophene rings is 1. The molecule has 0 radical (unpaired) electrons. The summed E-state index contributed by atoms with van der Waals surface area (Å²) in [6, 6.07) is 8.57. The summed E-state index contributed by atoms with van der Waals surface area (Å²) >= 11 is 4.72. The maximum absolute atomic E-state index is 12.0. The number of carbonyl (C=O) groups excluding carboxylic acids is 1. The molecule has 0 aliphatic rings. The Morgan fingerprint density at radius 3 is 2.83 bits per heavy atom. The molecule has 0 aliphatic heterocycles. The first kappa shape index (κ1) is 13.1. The fourth-order valence-electron chi connectivity index (χ4n) is 1.60. The van der Waals surface area contributed by atoms with Crippen LogP contribution in [0.4, 0.5) is 0 Å². The smallest absolute Gasteiger partial charge is 0.262 e. The zero-order valence-electron chi connectivity index (χ0n) is 9.68. The van der Waals surface area contributed by atoms with Gasteiger partial charge in [-0.25, -0.2) is 0 Å². The van der Waals surface area contributed by atoms with Crippen LogP contribution in [-0.2, 0) is 0 Å². The molecule has 0 saturated heterocycles. The minimum atomic E-state index is -0.154. The van der Waals surface area contributed by atoms with Crippen molar-refractivity contribution in [3.8, 4) is 5.75 Å². The molecule has 1 atom stereocenters. The zero-order valence-corrected chi connectivity index (χ0v) is 12.1. The number of hydrogen-bond acceptors (Lipinski definition) is 3. The Kier molecular flexibility index (Phi) is 4.04. The average Bonchev–Trinajstić information content (AvgIpc) is 2.75. The average molecular weight is 326 g/mol. The summed E-state index contributed by atoms with van der Waals surface area (Å²) in [6.07, 6.45) is 0. The summed E-state index contributed by atoms with van der Waals surface area (Å²) < 4.78 is 0.799. The number of amides is 1. The summed E-state index contributed by atoms with van der Waals surface area (Å²) in [4.78, 5) is 12.7. The fourth-order valence-corrected chi connectivity index (χ4v) is 3.05. The summed E-state index contributed by atoms with van der Waals surface area (Å²) in [7, 11) is 0. The molecule has 2 N–H and O–H groups in total. The van der Waals surface area contributed by atoms with E-state index in [-0.39, 0.29) is 17.7 Å². The predicted molar refractivity (Wildman–Crippen MR) is 76.0 cm³/mol. The van der Waals surface area contributed by atoms with E-state index < -0.39 is 0 Å². The second-order valence-electron chi connectivity index (χ2n) is 3.89. The third-order valence-corrected chi connectivity index (χ3v) is 4.38. The van der Waals surface area contributed by atoms with Gasteiger partial charge in [-0.05, 0) is 52.0 Å². The zero-order chi connectivity index (χ0) is 13.1. The Morgan fingerprint density at radius 2 is 2.22 bits per heavy atom. The molecule has 0 fully saturated rings. The van der Waals surface area contributed by atoms with Crippen molar-refractivity contribution in [2.45, 2.75) is 13.0 Å². The molecule has 1 heterocycles. The highest BCUT2D eigenvalue weighted by molar-refractivity contribution is 9.10. The first-order valence-corrected chi connectivity index (χ1v) is 7.08. The minimum absolute atomic E-state index is 0.118. The van der Waals surface area contributed by atoms with Gasteiger partial charge < -0.3 is 10.4 Å². The van der Waals surface area contributed by atoms with Gasteiger partial charge in [0.05, 0.1) is 6.04 Å². The number of phenolic OH excluding ortho intramolecular Hbond substituents is 1. The van der Waals surface area contributed by atoms with Crippen molar-refractivity contribution in [1.82, 2.24) is 5.32 Å². The van der Waals surface area contributed by atoms with Crippen LogP contribution >= 0.6 is 27.3 Å². The Morgan fingerprint density at radius 1 is 1.44 bits per heavy atom. The van der Waals surface area contributed by atoms with E-state index in [1.54, 1.807) is 18.2 Å². The quantitative estimate of drug-likeness (QED) is 0.903. The van der Waals surface area contributed by atoms with Crippen molar-refractivity contribution >= 4 is 33.2 Å². The summed E-state index contributed by atoms with van der Waals surface area (Å²) in [5.74, 6) is 0.0821. The molecule has 1 aromatic carbocycles. The van der Waals surface area contributed by atoms with E-state index in [1.165, 1.54) is 11.3 Å². The van der Waals surface area contributed by atoms with Crippen molar-refractivity contribution in [1.29, 1.82) is 0 Å². The Labute approximate surface area is 118 Å². The van der Waals surface area contributed by atoms with Crippen LogP contribution in [0.25, 0.3) is 0 Å². The number of phenols is 1. The van der Waals surface area contributed by atoms with E-state index in [0.717, 1.165) is 10.0 Å². The third-order valence-electron chi connectivity index (χ3n) is 2.54. The van der Waals surface area contributed by atoms with Crippen molar-refractivity contribution in [3.05, 3.63) is 50.6 Å². The molecule has 0 bridgehead atoms. The Bertz CT molecular complexity index is 568. The number of hydrogen-bond donors (Lipinski definition) is 2. The van der Waals surface area contributed by atoms with Crippen molar-refractivity contribution in [2.24, 2.45) is 0 Å². The van der Waals surface area contributed by atoms with Gasteiger partial charge in [0.1, 0.15) is 10.6 Å².